The van der Waals surface area contributed by atoms with Crippen LogP contribution in [0, 0.1) is 5.82 Å². The average Bonchev–Trinajstić information content (AvgIpc) is 2.25. The molecule has 0 aliphatic carbocycles. The van der Waals surface area contributed by atoms with Gasteiger partial charge >= 0.3 is 0 Å². The topological polar surface area (TPSA) is 54.0 Å². The fourth-order valence-corrected chi connectivity index (χ4v) is 1.04. The van der Waals surface area contributed by atoms with E-state index in [1.54, 1.807) is 0 Å². The van der Waals surface area contributed by atoms with Gasteiger partial charge in [-0.2, -0.15) is 0 Å². The predicted octanol–water partition coefficient (Wildman–Crippen LogP) is 0.560. The monoisotopic (exact) mass is 211 g/mol. The molecule has 4 nitrogen and oxygen atoms in total. The fourth-order valence-electron chi connectivity index (χ4n) is 1.04. The van der Waals surface area contributed by atoms with Crippen molar-refractivity contribution in [3.63, 3.8) is 0 Å². The molecule has 0 aliphatic rings. The van der Waals surface area contributed by atoms with E-state index in [2.05, 4.69) is 15.6 Å². The molecule has 0 radical (unpaired) electrons. The molecule has 0 saturated heterocycles. The maximum absolute atomic E-state index is 12.5. The van der Waals surface area contributed by atoms with Gasteiger partial charge < -0.3 is 10.6 Å². The molecule has 1 amide bonds. The zero-order valence-electron chi connectivity index (χ0n) is 8.59. The summed E-state index contributed by atoms with van der Waals surface area (Å²) in [5.74, 6) is -0.730. The zero-order chi connectivity index (χ0) is 11.1. The van der Waals surface area contributed by atoms with E-state index < -0.39 is 5.82 Å². The Hall–Kier alpha value is -1.49. The minimum Gasteiger partial charge on any atom is -0.349 e. The third kappa shape index (κ3) is 4.03. The highest BCUT2D eigenvalue weighted by atomic mass is 19.1. The SMILES string of the molecule is CCNCCNC(=O)c1ccc(F)cn1. The van der Waals surface area contributed by atoms with Gasteiger partial charge in [0, 0.05) is 13.1 Å². The summed E-state index contributed by atoms with van der Waals surface area (Å²) in [7, 11) is 0. The van der Waals surface area contributed by atoms with Crippen LogP contribution >= 0.6 is 0 Å². The van der Waals surface area contributed by atoms with E-state index in [0.29, 0.717) is 13.1 Å². The lowest BCUT2D eigenvalue weighted by atomic mass is 10.3. The molecule has 1 rings (SSSR count). The van der Waals surface area contributed by atoms with Crippen molar-refractivity contribution in [2.45, 2.75) is 6.92 Å². The summed E-state index contributed by atoms with van der Waals surface area (Å²) in [5.41, 5.74) is 0.230. The largest absolute Gasteiger partial charge is 0.349 e. The number of pyridine rings is 1. The molecule has 1 aromatic heterocycles. The van der Waals surface area contributed by atoms with Crippen LogP contribution in [0.2, 0.25) is 0 Å². The number of nitrogens with one attached hydrogen (secondary N) is 2. The summed E-state index contributed by atoms with van der Waals surface area (Å²) < 4.78 is 12.5. The van der Waals surface area contributed by atoms with E-state index in [1.807, 2.05) is 6.92 Å². The molecule has 0 saturated carbocycles. The van der Waals surface area contributed by atoms with Crippen LogP contribution in [-0.4, -0.2) is 30.5 Å². The van der Waals surface area contributed by atoms with Gasteiger partial charge in [-0.1, -0.05) is 6.92 Å². The smallest absolute Gasteiger partial charge is 0.269 e. The van der Waals surface area contributed by atoms with E-state index >= 15 is 0 Å². The maximum Gasteiger partial charge on any atom is 0.269 e. The first-order chi connectivity index (χ1) is 7.24. The van der Waals surface area contributed by atoms with Crippen LogP contribution in [0.3, 0.4) is 0 Å². The fraction of sp³-hybridized carbons (Fsp3) is 0.400. The van der Waals surface area contributed by atoms with Crippen molar-refractivity contribution in [3.05, 3.63) is 29.8 Å². The van der Waals surface area contributed by atoms with Crippen LogP contribution in [-0.2, 0) is 0 Å². The molecule has 82 valence electrons. The molecular formula is C10H14FN3O. The molecule has 0 aromatic carbocycles. The summed E-state index contributed by atoms with van der Waals surface area (Å²) in [4.78, 5) is 15.1. The molecule has 1 aromatic rings. The third-order valence-corrected chi connectivity index (χ3v) is 1.80. The minimum absolute atomic E-state index is 0.230. The van der Waals surface area contributed by atoms with Gasteiger partial charge in [0.15, 0.2) is 0 Å². The quantitative estimate of drug-likeness (QED) is 0.700. The maximum atomic E-state index is 12.5. The first-order valence-corrected chi connectivity index (χ1v) is 4.84. The van der Waals surface area contributed by atoms with E-state index in [4.69, 9.17) is 0 Å². The highest BCUT2D eigenvalue weighted by Gasteiger charge is 2.05. The summed E-state index contributed by atoms with van der Waals surface area (Å²) in [6, 6.07) is 2.57. The number of rotatable bonds is 5. The van der Waals surface area contributed by atoms with Crippen LogP contribution in [0.25, 0.3) is 0 Å². The van der Waals surface area contributed by atoms with Crippen molar-refractivity contribution < 1.29 is 9.18 Å². The summed E-state index contributed by atoms with van der Waals surface area (Å²) >= 11 is 0. The standard InChI is InChI=1S/C10H14FN3O/c1-2-12-5-6-13-10(15)9-4-3-8(11)7-14-9/h3-4,7,12H,2,5-6H2,1H3,(H,13,15). The van der Waals surface area contributed by atoms with E-state index in [0.717, 1.165) is 12.7 Å². The molecule has 0 unspecified atom stereocenters. The molecule has 0 atom stereocenters. The van der Waals surface area contributed by atoms with Gasteiger partial charge in [-0.15, -0.1) is 0 Å². The van der Waals surface area contributed by atoms with Crippen molar-refractivity contribution in [3.8, 4) is 0 Å². The number of carbonyl (C=O) groups excluding carboxylic acids is 1. The highest BCUT2D eigenvalue weighted by Crippen LogP contribution is 1.97. The summed E-state index contributed by atoms with van der Waals surface area (Å²) in [6.45, 7) is 4.10. The number of aromatic nitrogens is 1. The Balaban J connectivity index is 2.37. The Morgan fingerprint density at radius 3 is 2.87 bits per heavy atom. The van der Waals surface area contributed by atoms with Crippen LogP contribution in [0.1, 0.15) is 17.4 Å². The van der Waals surface area contributed by atoms with Crippen molar-refractivity contribution in [1.29, 1.82) is 0 Å². The minimum atomic E-state index is -0.445. The number of carbonyl (C=O) groups is 1. The summed E-state index contributed by atoms with van der Waals surface area (Å²) in [6.07, 6.45) is 1.03. The zero-order valence-corrected chi connectivity index (χ0v) is 8.59. The van der Waals surface area contributed by atoms with Gasteiger partial charge in [0.2, 0.25) is 0 Å². The van der Waals surface area contributed by atoms with E-state index in [9.17, 15) is 9.18 Å². The Bertz CT molecular complexity index is 313. The number of amides is 1. The Morgan fingerprint density at radius 1 is 1.47 bits per heavy atom. The molecule has 2 N–H and O–H groups in total. The number of hydrogen-bond donors (Lipinski definition) is 2. The van der Waals surface area contributed by atoms with E-state index in [-0.39, 0.29) is 11.6 Å². The van der Waals surface area contributed by atoms with Crippen molar-refractivity contribution in [1.82, 2.24) is 15.6 Å². The Kier molecular flexibility index (Phi) is 4.70. The second-order valence-corrected chi connectivity index (χ2v) is 2.97. The molecule has 5 heteroatoms. The van der Waals surface area contributed by atoms with Gasteiger partial charge in [-0.05, 0) is 18.7 Å². The number of halogens is 1. The predicted molar refractivity (Wildman–Crippen MR) is 55.1 cm³/mol. The molecule has 0 aliphatic heterocycles. The molecule has 0 fully saturated rings. The molecule has 1 heterocycles. The van der Waals surface area contributed by atoms with Gasteiger partial charge in [0.1, 0.15) is 11.5 Å². The van der Waals surface area contributed by atoms with Gasteiger partial charge in [0.05, 0.1) is 6.20 Å². The van der Waals surface area contributed by atoms with Crippen LogP contribution in [0.4, 0.5) is 4.39 Å². The molecular weight excluding hydrogens is 197 g/mol. The number of likely N-dealkylation sites (N-methyl/N-ethyl adjacent to an activating group) is 1. The normalized spacial score (nSPS) is 10.0. The van der Waals surface area contributed by atoms with Crippen molar-refractivity contribution in [2.24, 2.45) is 0 Å². The second kappa shape index (κ2) is 6.08. The van der Waals surface area contributed by atoms with E-state index in [1.165, 1.54) is 12.1 Å². The first kappa shape index (κ1) is 11.6. The Labute approximate surface area is 87.9 Å². The average molecular weight is 211 g/mol. The molecule has 0 bridgehead atoms. The van der Waals surface area contributed by atoms with Crippen LogP contribution in [0.5, 0.6) is 0 Å². The second-order valence-electron chi connectivity index (χ2n) is 2.97. The number of hydrogen-bond acceptors (Lipinski definition) is 3. The molecule has 15 heavy (non-hydrogen) atoms. The highest BCUT2D eigenvalue weighted by molar-refractivity contribution is 5.92. The Morgan fingerprint density at radius 2 is 2.27 bits per heavy atom. The third-order valence-electron chi connectivity index (χ3n) is 1.80. The lowest BCUT2D eigenvalue weighted by Gasteiger charge is -2.04. The van der Waals surface area contributed by atoms with Crippen LogP contribution < -0.4 is 10.6 Å². The van der Waals surface area contributed by atoms with Gasteiger partial charge in [-0.3, -0.25) is 4.79 Å². The van der Waals surface area contributed by atoms with Gasteiger partial charge in [0.25, 0.3) is 5.91 Å². The van der Waals surface area contributed by atoms with Crippen LogP contribution in [0.15, 0.2) is 18.3 Å². The van der Waals surface area contributed by atoms with Crippen molar-refractivity contribution in [2.75, 3.05) is 19.6 Å². The number of nitrogens with zero attached hydrogens (tertiary/aromatic N) is 1. The lowest BCUT2D eigenvalue weighted by molar-refractivity contribution is 0.0949. The first-order valence-electron chi connectivity index (χ1n) is 4.84. The van der Waals surface area contributed by atoms with Gasteiger partial charge in [-0.25, -0.2) is 9.37 Å². The lowest BCUT2D eigenvalue weighted by Crippen LogP contribution is -2.32. The van der Waals surface area contributed by atoms with Crippen molar-refractivity contribution >= 4 is 5.91 Å². The summed E-state index contributed by atoms with van der Waals surface area (Å²) in [5, 5.41) is 5.74. The molecule has 0 spiro atoms.